The van der Waals surface area contributed by atoms with Gasteiger partial charge in [-0.05, 0) is 0 Å². The van der Waals surface area contributed by atoms with Gasteiger partial charge in [0.1, 0.15) is 5.04 Å². The average molecular weight is 225 g/mol. The predicted molar refractivity (Wildman–Crippen MR) is 53.3 cm³/mol. The normalized spacial score (nSPS) is 21.6. The van der Waals surface area contributed by atoms with Crippen LogP contribution in [0.5, 0.6) is 0 Å². The van der Waals surface area contributed by atoms with Gasteiger partial charge in [-0.2, -0.15) is 12.6 Å². The fraction of sp³-hybridized carbons (Fsp3) is 0.600. The SMILES string of the molecule is O=C(O)C(S)S(=O)C1=NCSC1. The third kappa shape index (κ3) is 2.24. The molecule has 12 heavy (non-hydrogen) atoms. The molecule has 0 aliphatic carbocycles. The van der Waals surface area contributed by atoms with Crippen molar-refractivity contribution in [1.29, 1.82) is 0 Å². The zero-order valence-electron chi connectivity index (χ0n) is 5.97. The second-order valence-corrected chi connectivity index (χ2v) is 5.38. The molecular formula is C5H7NO3S3. The zero-order chi connectivity index (χ0) is 9.14. The van der Waals surface area contributed by atoms with Crippen LogP contribution in [0, 0.1) is 0 Å². The summed E-state index contributed by atoms with van der Waals surface area (Å²) in [5.41, 5.74) is 0. The molecule has 1 heterocycles. The molecule has 0 aromatic heterocycles. The van der Waals surface area contributed by atoms with Crippen molar-refractivity contribution in [2.24, 2.45) is 4.99 Å². The third-order valence-electron chi connectivity index (χ3n) is 1.20. The first-order valence-corrected chi connectivity index (χ1v) is 5.94. The van der Waals surface area contributed by atoms with Gasteiger partial charge >= 0.3 is 5.97 Å². The molecule has 0 saturated heterocycles. The molecule has 0 aromatic rings. The Hall–Kier alpha value is -0.0100. The molecule has 1 N–H and O–H groups in total. The Morgan fingerprint density at radius 1 is 1.83 bits per heavy atom. The van der Waals surface area contributed by atoms with Crippen LogP contribution in [0.2, 0.25) is 0 Å². The van der Waals surface area contributed by atoms with E-state index in [0.29, 0.717) is 16.7 Å². The van der Waals surface area contributed by atoms with E-state index in [0.717, 1.165) is 0 Å². The molecule has 0 fully saturated rings. The minimum absolute atomic E-state index is 0.447. The van der Waals surface area contributed by atoms with E-state index in [9.17, 15) is 9.00 Å². The van der Waals surface area contributed by atoms with Crippen molar-refractivity contribution < 1.29 is 14.1 Å². The van der Waals surface area contributed by atoms with E-state index in [2.05, 4.69) is 17.6 Å². The Morgan fingerprint density at radius 2 is 2.50 bits per heavy atom. The minimum atomic E-state index is -1.58. The number of carboxylic acid groups (broad SMARTS) is 1. The first-order valence-electron chi connectivity index (χ1n) is 3.05. The molecule has 0 aromatic carbocycles. The molecule has 68 valence electrons. The van der Waals surface area contributed by atoms with Crippen molar-refractivity contribution in [3.8, 4) is 0 Å². The molecule has 1 aliphatic heterocycles. The molecular weight excluding hydrogens is 218 g/mol. The average Bonchev–Trinajstić information content (AvgIpc) is 2.53. The van der Waals surface area contributed by atoms with Gasteiger partial charge < -0.3 is 5.11 Å². The van der Waals surface area contributed by atoms with Crippen LogP contribution < -0.4 is 0 Å². The summed E-state index contributed by atoms with van der Waals surface area (Å²) < 4.78 is 10.1. The van der Waals surface area contributed by atoms with Crippen LogP contribution in [0.25, 0.3) is 0 Å². The van der Waals surface area contributed by atoms with E-state index in [1.54, 1.807) is 0 Å². The van der Waals surface area contributed by atoms with Gasteiger partial charge in [0, 0.05) is 5.75 Å². The number of rotatable bonds is 2. The molecule has 0 saturated carbocycles. The number of carbonyl (C=O) groups is 1. The highest BCUT2D eigenvalue weighted by atomic mass is 32.2. The number of hydrogen-bond donors (Lipinski definition) is 2. The van der Waals surface area contributed by atoms with Gasteiger partial charge in [-0.1, -0.05) is 0 Å². The number of aliphatic imine (C=N–C) groups is 1. The number of thioether (sulfide) groups is 1. The summed E-state index contributed by atoms with van der Waals surface area (Å²) in [4.78, 5) is 14.3. The van der Waals surface area contributed by atoms with E-state index in [-0.39, 0.29) is 0 Å². The maximum Gasteiger partial charge on any atom is 0.329 e. The zero-order valence-corrected chi connectivity index (χ0v) is 8.49. The minimum Gasteiger partial charge on any atom is -0.480 e. The van der Waals surface area contributed by atoms with E-state index < -0.39 is 21.4 Å². The van der Waals surface area contributed by atoms with Crippen LogP contribution in [0.4, 0.5) is 0 Å². The first kappa shape index (κ1) is 10.1. The maximum absolute atomic E-state index is 11.3. The maximum atomic E-state index is 11.3. The summed E-state index contributed by atoms with van der Waals surface area (Å²) in [5.74, 6) is -0.0470. The van der Waals surface area contributed by atoms with Gasteiger partial charge in [0.25, 0.3) is 0 Å². The molecule has 0 amide bonds. The summed E-state index contributed by atoms with van der Waals surface area (Å²) in [6, 6.07) is 0. The molecule has 0 spiro atoms. The van der Waals surface area contributed by atoms with E-state index >= 15 is 0 Å². The third-order valence-corrected chi connectivity index (χ3v) is 4.32. The van der Waals surface area contributed by atoms with Crippen LogP contribution in [-0.2, 0) is 15.6 Å². The number of carboxylic acids is 1. The van der Waals surface area contributed by atoms with Crippen LogP contribution >= 0.6 is 24.4 Å². The number of nitrogens with zero attached hydrogens (tertiary/aromatic N) is 1. The quantitative estimate of drug-likeness (QED) is 0.658. The van der Waals surface area contributed by atoms with Crippen molar-refractivity contribution in [1.82, 2.24) is 0 Å². The highest BCUT2D eigenvalue weighted by Crippen LogP contribution is 2.15. The summed E-state index contributed by atoms with van der Waals surface area (Å²) in [5, 5.41) is 8.93. The van der Waals surface area contributed by atoms with Crippen LogP contribution in [0.15, 0.2) is 4.99 Å². The number of aliphatic carboxylic acids is 1. The fourth-order valence-electron chi connectivity index (χ4n) is 0.638. The van der Waals surface area contributed by atoms with Gasteiger partial charge in [0.2, 0.25) is 0 Å². The first-order chi connectivity index (χ1) is 5.63. The standard InChI is InChI=1S/C5H7NO3S3/c7-4(8)5(10)12(9)3-1-11-2-6-3/h5,10H,1-2H2,(H,7,8). The van der Waals surface area contributed by atoms with Crippen molar-refractivity contribution in [2.45, 2.75) is 4.58 Å². The summed E-state index contributed by atoms with van der Waals surface area (Å²) in [6.07, 6.45) is 0. The fourth-order valence-corrected chi connectivity index (χ4v) is 3.04. The Labute approximate surface area is 81.7 Å². The Balaban J connectivity index is 2.64. The van der Waals surface area contributed by atoms with Crippen molar-refractivity contribution in [2.75, 3.05) is 11.6 Å². The lowest BCUT2D eigenvalue weighted by Gasteiger charge is -2.03. The van der Waals surface area contributed by atoms with Gasteiger partial charge in [0.05, 0.1) is 16.7 Å². The highest BCUT2D eigenvalue weighted by Gasteiger charge is 2.25. The van der Waals surface area contributed by atoms with Gasteiger partial charge in [-0.15, -0.1) is 11.8 Å². The van der Waals surface area contributed by atoms with Crippen LogP contribution in [0.1, 0.15) is 0 Å². The second-order valence-electron chi connectivity index (χ2n) is 2.02. The summed E-state index contributed by atoms with van der Waals surface area (Å²) >= 11 is 5.22. The molecule has 2 atom stereocenters. The lowest BCUT2D eigenvalue weighted by Crippen LogP contribution is -2.25. The lowest BCUT2D eigenvalue weighted by molar-refractivity contribution is -0.134. The van der Waals surface area contributed by atoms with Gasteiger partial charge in [0.15, 0.2) is 4.58 Å². The topological polar surface area (TPSA) is 66.7 Å². The molecule has 1 rings (SSSR count). The molecule has 4 nitrogen and oxygen atoms in total. The number of hydrogen-bond acceptors (Lipinski definition) is 5. The Bertz CT molecular complexity index is 252. The van der Waals surface area contributed by atoms with Gasteiger partial charge in [-0.3, -0.25) is 9.20 Å². The van der Waals surface area contributed by atoms with E-state index in [1.807, 2.05) is 0 Å². The smallest absolute Gasteiger partial charge is 0.329 e. The Kier molecular flexibility index (Phi) is 3.60. The summed E-state index contributed by atoms with van der Waals surface area (Å²) in [6.45, 7) is 0. The predicted octanol–water partition coefficient (Wildman–Crippen LogP) is 0.178. The number of thiol groups is 1. The monoisotopic (exact) mass is 225 g/mol. The summed E-state index contributed by atoms with van der Waals surface area (Å²) in [7, 11) is -1.58. The second kappa shape index (κ2) is 4.29. The molecule has 1 aliphatic rings. The van der Waals surface area contributed by atoms with Crippen molar-refractivity contribution >= 4 is 46.2 Å². The van der Waals surface area contributed by atoms with Crippen molar-refractivity contribution in [3.63, 3.8) is 0 Å². The van der Waals surface area contributed by atoms with E-state index in [1.165, 1.54) is 11.8 Å². The van der Waals surface area contributed by atoms with E-state index in [4.69, 9.17) is 5.11 Å². The molecule has 7 heteroatoms. The lowest BCUT2D eigenvalue weighted by atomic mass is 10.8. The molecule has 2 unspecified atom stereocenters. The highest BCUT2D eigenvalue weighted by molar-refractivity contribution is 8.14. The molecule has 0 bridgehead atoms. The largest absolute Gasteiger partial charge is 0.480 e. The van der Waals surface area contributed by atoms with Crippen LogP contribution in [-0.4, -0.2) is 36.5 Å². The van der Waals surface area contributed by atoms with Crippen molar-refractivity contribution in [3.05, 3.63) is 0 Å². The Morgan fingerprint density at radius 3 is 2.92 bits per heavy atom. The molecule has 0 radical (unpaired) electrons. The van der Waals surface area contributed by atoms with Crippen LogP contribution in [0.3, 0.4) is 0 Å². The van der Waals surface area contributed by atoms with Gasteiger partial charge in [-0.25, -0.2) is 4.79 Å².